The van der Waals surface area contributed by atoms with Crippen molar-refractivity contribution < 1.29 is 14.0 Å². The first-order valence-electron chi connectivity index (χ1n) is 12.4. The average Bonchev–Trinajstić information content (AvgIpc) is 3.81. The second kappa shape index (κ2) is 10.1. The lowest BCUT2D eigenvalue weighted by Gasteiger charge is -2.27. The molecule has 3 aromatic heterocycles. The predicted octanol–water partition coefficient (Wildman–Crippen LogP) is 2.76. The number of aryl methyl sites for hydroxylation is 1. The number of rotatable bonds is 10. The highest BCUT2D eigenvalue weighted by molar-refractivity contribution is 6.29. The van der Waals surface area contributed by atoms with Crippen LogP contribution in [-0.4, -0.2) is 47.6 Å². The summed E-state index contributed by atoms with van der Waals surface area (Å²) in [6.07, 6.45) is 6.86. The zero-order valence-electron chi connectivity index (χ0n) is 20.4. The minimum atomic E-state index is -0.902. The van der Waals surface area contributed by atoms with Gasteiger partial charge in [-0.1, -0.05) is 11.6 Å². The standard InChI is InChI=1S/C24H28ClFN8O3/c1-3-33-17(8-9-27-33)23(36)29-20(19(13-4-5-13)14-6-7-14)24(37)28-16-11-34(32-21(16)26)12(2)15-10-18(25)30-31-22(15)35/h8-14,19-20H,3-7H2,1-2H3,(H,28,37)(H,29,36)(H,31,35)/t12-,20-/m0/s1. The summed E-state index contributed by atoms with van der Waals surface area (Å²) in [5.74, 6) is -1.15. The Balaban J connectivity index is 1.38. The number of hydrogen-bond donors (Lipinski definition) is 3. The normalized spacial score (nSPS) is 17.0. The first-order chi connectivity index (χ1) is 17.8. The highest BCUT2D eigenvalue weighted by atomic mass is 35.5. The Morgan fingerprint density at radius 2 is 1.97 bits per heavy atom. The van der Waals surface area contributed by atoms with Crippen molar-refractivity contribution in [1.29, 1.82) is 0 Å². The van der Waals surface area contributed by atoms with Crippen LogP contribution in [0, 0.1) is 23.7 Å². The van der Waals surface area contributed by atoms with Gasteiger partial charge in [-0.25, -0.2) is 5.10 Å². The Hall–Kier alpha value is -3.54. The lowest BCUT2D eigenvalue weighted by molar-refractivity contribution is -0.119. The number of halogens is 2. The summed E-state index contributed by atoms with van der Waals surface area (Å²) in [5.41, 5.74) is -0.0268. The van der Waals surface area contributed by atoms with Crippen molar-refractivity contribution in [2.24, 2.45) is 17.8 Å². The van der Waals surface area contributed by atoms with E-state index in [-0.39, 0.29) is 22.3 Å². The number of amides is 2. The van der Waals surface area contributed by atoms with Gasteiger partial charge >= 0.3 is 0 Å². The van der Waals surface area contributed by atoms with Gasteiger partial charge < -0.3 is 10.6 Å². The van der Waals surface area contributed by atoms with Crippen molar-refractivity contribution in [2.75, 3.05) is 5.32 Å². The number of anilines is 1. The van der Waals surface area contributed by atoms with Crippen LogP contribution in [0.1, 0.15) is 61.6 Å². The van der Waals surface area contributed by atoms with Gasteiger partial charge in [-0.15, -0.1) is 5.10 Å². The third-order valence-corrected chi connectivity index (χ3v) is 7.32. The summed E-state index contributed by atoms with van der Waals surface area (Å²) in [6, 6.07) is 1.47. The SMILES string of the molecule is CCn1nccc1C(=O)N[C@H](C(=O)Nc1cn([C@@H](C)c2cc(Cl)n[nH]c2=O)nc1F)C(C1CC1)C1CC1. The monoisotopic (exact) mass is 530 g/mol. The molecule has 2 aliphatic rings. The van der Waals surface area contributed by atoms with Gasteiger partial charge in [0.25, 0.3) is 17.4 Å². The average molecular weight is 531 g/mol. The van der Waals surface area contributed by atoms with Crippen molar-refractivity contribution in [3.8, 4) is 0 Å². The molecule has 0 spiro atoms. The lowest BCUT2D eigenvalue weighted by Crippen LogP contribution is -2.50. The molecule has 196 valence electrons. The van der Waals surface area contributed by atoms with Crippen molar-refractivity contribution >= 4 is 29.1 Å². The highest BCUT2D eigenvalue weighted by Gasteiger charge is 2.48. The number of aromatic nitrogens is 6. The predicted molar refractivity (Wildman–Crippen MR) is 133 cm³/mol. The fourth-order valence-electron chi connectivity index (χ4n) is 4.93. The number of hydrogen-bond acceptors (Lipinski definition) is 6. The molecule has 13 heteroatoms. The van der Waals surface area contributed by atoms with E-state index < -0.39 is 35.4 Å². The van der Waals surface area contributed by atoms with Crippen LogP contribution in [0.25, 0.3) is 0 Å². The van der Waals surface area contributed by atoms with Crippen molar-refractivity contribution in [1.82, 2.24) is 35.1 Å². The van der Waals surface area contributed by atoms with Crippen LogP contribution < -0.4 is 16.2 Å². The van der Waals surface area contributed by atoms with Crippen LogP contribution in [0.15, 0.2) is 29.3 Å². The van der Waals surface area contributed by atoms with Gasteiger partial charge in [0, 0.05) is 18.3 Å². The van der Waals surface area contributed by atoms with Crippen LogP contribution in [0.2, 0.25) is 5.15 Å². The maximum atomic E-state index is 14.8. The third kappa shape index (κ3) is 5.29. The molecule has 37 heavy (non-hydrogen) atoms. The van der Waals surface area contributed by atoms with Gasteiger partial charge in [-0.3, -0.25) is 23.7 Å². The fourth-order valence-corrected chi connectivity index (χ4v) is 5.09. The second-order valence-electron chi connectivity index (χ2n) is 9.69. The molecule has 2 fully saturated rings. The van der Waals surface area contributed by atoms with Gasteiger partial charge in [0.1, 0.15) is 22.6 Å². The highest BCUT2D eigenvalue weighted by Crippen LogP contribution is 2.51. The minimum Gasteiger partial charge on any atom is -0.339 e. The number of aromatic amines is 1. The van der Waals surface area contributed by atoms with E-state index in [1.54, 1.807) is 23.9 Å². The minimum absolute atomic E-state index is 0.0310. The van der Waals surface area contributed by atoms with Gasteiger partial charge in [-0.2, -0.15) is 14.6 Å². The van der Waals surface area contributed by atoms with E-state index >= 15 is 0 Å². The van der Waals surface area contributed by atoms with Crippen LogP contribution in [0.5, 0.6) is 0 Å². The van der Waals surface area contributed by atoms with E-state index in [1.807, 2.05) is 6.92 Å². The van der Waals surface area contributed by atoms with Crippen molar-refractivity contribution in [3.63, 3.8) is 0 Å². The lowest BCUT2D eigenvalue weighted by atomic mass is 9.88. The largest absolute Gasteiger partial charge is 0.339 e. The number of nitrogens with zero attached hydrogens (tertiary/aromatic N) is 5. The number of carbonyl (C=O) groups is 2. The number of nitrogens with one attached hydrogen (secondary N) is 3. The van der Waals surface area contributed by atoms with Crippen molar-refractivity contribution in [3.05, 3.63) is 57.2 Å². The molecule has 0 bridgehead atoms. The van der Waals surface area contributed by atoms with Crippen LogP contribution in [0.4, 0.5) is 10.1 Å². The fraction of sp³-hybridized carbons (Fsp3) is 0.500. The molecule has 0 aliphatic heterocycles. The molecular weight excluding hydrogens is 503 g/mol. The molecule has 3 aromatic rings. The van der Waals surface area contributed by atoms with Crippen LogP contribution in [0.3, 0.4) is 0 Å². The molecule has 0 unspecified atom stereocenters. The zero-order valence-corrected chi connectivity index (χ0v) is 21.2. The van der Waals surface area contributed by atoms with E-state index in [0.29, 0.717) is 24.1 Å². The Kier molecular flexibility index (Phi) is 6.84. The molecule has 2 atom stereocenters. The molecule has 0 saturated heterocycles. The molecule has 3 N–H and O–H groups in total. The van der Waals surface area contributed by atoms with Gasteiger partial charge in [0.05, 0.1) is 12.2 Å². The number of carbonyl (C=O) groups excluding carboxylic acids is 2. The summed E-state index contributed by atoms with van der Waals surface area (Å²) in [4.78, 5) is 38.9. The summed E-state index contributed by atoms with van der Waals surface area (Å²) in [6.45, 7) is 4.03. The zero-order chi connectivity index (χ0) is 26.3. The Labute approximate surface area is 216 Å². The summed E-state index contributed by atoms with van der Waals surface area (Å²) < 4.78 is 17.6. The molecule has 2 saturated carbocycles. The second-order valence-corrected chi connectivity index (χ2v) is 10.1. The quantitative estimate of drug-likeness (QED) is 0.368. The molecule has 0 radical (unpaired) electrons. The smallest absolute Gasteiger partial charge is 0.270 e. The van der Waals surface area contributed by atoms with E-state index in [2.05, 4.69) is 31.0 Å². The first-order valence-corrected chi connectivity index (χ1v) is 12.8. The van der Waals surface area contributed by atoms with Crippen LogP contribution >= 0.6 is 11.6 Å². The maximum absolute atomic E-state index is 14.8. The summed E-state index contributed by atoms with van der Waals surface area (Å²) >= 11 is 5.89. The summed E-state index contributed by atoms with van der Waals surface area (Å²) in [7, 11) is 0. The van der Waals surface area contributed by atoms with Crippen LogP contribution in [-0.2, 0) is 11.3 Å². The Morgan fingerprint density at radius 1 is 1.27 bits per heavy atom. The van der Waals surface area contributed by atoms with E-state index in [9.17, 15) is 18.8 Å². The molecule has 2 aliphatic carbocycles. The molecule has 11 nitrogen and oxygen atoms in total. The van der Waals surface area contributed by atoms with E-state index in [1.165, 1.54) is 16.9 Å². The Bertz CT molecular complexity index is 1360. The van der Waals surface area contributed by atoms with Gasteiger partial charge in [0.2, 0.25) is 5.91 Å². The molecule has 2 amide bonds. The maximum Gasteiger partial charge on any atom is 0.270 e. The Morgan fingerprint density at radius 3 is 2.62 bits per heavy atom. The summed E-state index contributed by atoms with van der Waals surface area (Å²) in [5, 5.41) is 19.5. The number of H-pyrrole nitrogens is 1. The molecule has 3 heterocycles. The van der Waals surface area contributed by atoms with Gasteiger partial charge in [0.15, 0.2) is 0 Å². The van der Waals surface area contributed by atoms with Crippen molar-refractivity contribution in [2.45, 2.75) is 58.2 Å². The molecule has 5 rings (SSSR count). The molecular formula is C24H28ClFN8O3. The van der Waals surface area contributed by atoms with E-state index in [0.717, 1.165) is 25.7 Å². The van der Waals surface area contributed by atoms with Gasteiger partial charge in [-0.05, 0) is 69.4 Å². The molecule has 0 aromatic carbocycles. The topological polar surface area (TPSA) is 140 Å². The third-order valence-electron chi connectivity index (χ3n) is 7.13. The van der Waals surface area contributed by atoms with E-state index in [4.69, 9.17) is 11.6 Å². The first kappa shape index (κ1) is 25.1.